The highest BCUT2D eigenvalue weighted by Gasteiger charge is 2.41. The average molecular weight is 330 g/mol. The molecule has 0 aliphatic rings. The molecule has 1 amide bonds. The topological polar surface area (TPSA) is 52.2 Å². The van der Waals surface area contributed by atoms with Crippen molar-refractivity contribution in [2.45, 2.75) is 50.7 Å². The van der Waals surface area contributed by atoms with E-state index < -0.39 is 15.9 Å². The molecule has 1 rings (SSSR count). The average Bonchev–Trinajstić information content (AvgIpc) is 2.37. The zero-order valence-corrected chi connectivity index (χ0v) is 14.9. The molecule has 1 N–H and O–H groups in total. The maximum Gasteiger partial charge on any atom is 0.276 e. The van der Waals surface area contributed by atoms with Crippen LogP contribution in [0, 0.1) is 5.41 Å². The largest absolute Gasteiger partial charge is 0.611 e. The number of amides is 1. The highest BCUT2D eigenvalue weighted by atomic mass is 35.5. The van der Waals surface area contributed by atoms with Crippen molar-refractivity contribution in [2.24, 2.45) is 5.41 Å². The van der Waals surface area contributed by atoms with Crippen molar-refractivity contribution in [2.75, 3.05) is 6.54 Å². The van der Waals surface area contributed by atoms with Crippen molar-refractivity contribution in [1.29, 1.82) is 0 Å². The van der Waals surface area contributed by atoms with Gasteiger partial charge in [0.15, 0.2) is 4.90 Å². The summed E-state index contributed by atoms with van der Waals surface area (Å²) < 4.78 is 11.6. The monoisotopic (exact) mass is 329 g/mol. The second-order valence-electron chi connectivity index (χ2n) is 6.80. The molecule has 0 saturated carbocycles. The van der Waals surface area contributed by atoms with Gasteiger partial charge in [-0.2, -0.15) is 0 Å². The molecule has 0 aliphatic carbocycles. The summed E-state index contributed by atoms with van der Waals surface area (Å²) in [7, 11) is 0. The van der Waals surface area contributed by atoms with Crippen LogP contribution in [0.4, 0.5) is 0 Å². The summed E-state index contributed by atoms with van der Waals surface area (Å²) in [6.45, 7) is 10.3. The predicted octanol–water partition coefficient (Wildman–Crippen LogP) is 3.78. The Bertz CT molecular complexity index is 480. The minimum absolute atomic E-state index is 0.159. The molecule has 1 atom stereocenters. The van der Waals surface area contributed by atoms with Gasteiger partial charge in [-0.3, -0.25) is 4.79 Å². The third-order valence-electron chi connectivity index (χ3n) is 3.20. The van der Waals surface area contributed by atoms with E-state index in [0.717, 1.165) is 6.42 Å². The molecule has 1 aromatic carbocycles. The third kappa shape index (κ3) is 5.53. The molecular weight excluding hydrogens is 306 g/mol. The van der Waals surface area contributed by atoms with Crippen LogP contribution in [0.15, 0.2) is 29.2 Å². The maximum absolute atomic E-state index is 12.6. The summed E-state index contributed by atoms with van der Waals surface area (Å²) in [5, 5.41) is 3.47. The van der Waals surface area contributed by atoms with E-state index in [0.29, 0.717) is 16.5 Å². The van der Waals surface area contributed by atoms with E-state index in [1.54, 1.807) is 38.1 Å². The van der Waals surface area contributed by atoms with Crippen LogP contribution in [0.1, 0.15) is 41.0 Å². The first-order chi connectivity index (χ1) is 9.54. The number of halogens is 1. The van der Waals surface area contributed by atoms with Crippen LogP contribution >= 0.6 is 11.6 Å². The molecule has 0 aromatic heterocycles. The Kier molecular flexibility index (Phi) is 6.14. The summed E-state index contributed by atoms with van der Waals surface area (Å²) in [4.78, 5) is 12.9. The summed E-state index contributed by atoms with van der Waals surface area (Å²) >= 11 is 4.40. The van der Waals surface area contributed by atoms with Crippen LogP contribution in [0.2, 0.25) is 5.02 Å². The lowest BCUT2D eigenvalue weighted by molar-refractivity contribution is -0.122. The van der Waals surface area contributed by atoms with E-state index in [2.05, 4.69) is 26.1 Å². The van der Waals surface area contributed by atoms with Gasteiger partial charge in [0.1, 0.15) is 0 Å². The molecule has 0 heterocycles. The molecule has 21 heavy (non-hydrogen) atoms. The van der Waals surface area contributed by atoms with Crippen LogP contribution in [0.3, 0.4) is 0 Å². The third-order valence-corrected chi connectivity index (χ3v) is 5.26. The Morgan fingerprint density at radius 3 is 2.19 bits per heavy atom. The summed E-state index contributed by atoms with van der Waals surface area (Å²) in [5.41, 5.74) is 0.159. The number of hydrogen-bond acceptors (Lipinski definition) is 2. The summed E-state index contributed by atoms with van der Waals surface area (Å²) in [6.07, 6.45) is 0.877. The number of carbonyl (C=O) groups is 1. The van der Waals surface area contributed by atoms with Crippen molar-refractivity contribution in [3.63, 3.8) is 0 Å². The molecule has 0 fully saturated rings. The van der Waals surface area contributed by atoms with Gasteiger partial charge >= 0.3 is 0 Å². The molecule has 3 nitrogen and oxygen atoms in total. The SMILES string of the molecule is CC(C)(C)CCNC(=O)C(C)(C)[S+]([O-])c1ccc(Cl)cc1. The first kappa shape index (κ1) is 18.3. The molecule has 0 radical (unpaired) electrons. The molecule has 5 heteroatoms. The molecular formula is C16H24ClNO2S. The summed E-state index contributed by atoms with van der Waals surface area (Å²) in [6, 6.07) is 6.76. The smallest absolute Gasteiger partial charge is 0.276 e. The Balaban J connectivity index is 2.70. The van der Waals surface area contributed by atoms with E-state index in [1.165, 1.54) is 0 Å². The molecule has 0 aliphatic heterocycles. The Morgan fingerprint density at radius 2 is 1.71 bits per heavy atom. The van der Waals surface area contributed by atoms with Gasteiger partial charge in [-0.1, -0.05) is 32.4 Å². The van der Waals surface area contributed by atoms with Gasteiger partial charge in [-0.05, 0) is 49.9 Å². The van der Waals surface area contributed by atoms with Gasteiger partial charge in [0.05, 0.1) is 0 Å². The Labute approximate surface area is 135 Å². The molecule has 0 bridgehead atoms. The summed E-state index contributed by atoms with van der Waals surface area (Å²) in [5.74, 6) is -0.194. The van der Waals surface area contributed by atoms with Crippen LogP contribution < -0.4 is 5.32 Å². The lowest BCUT2D eigenvalue weighted by Crippen LogP contribution is -2.48. The van der Waals surface area contributed by atoms with E-state index >= 15 is 0 Å². The lowest BCUT2D eigenvalue weighted by atomic mass is 9.92. The van der Waals surface area contributed by atoms with Gasteiger partial charge in [0.25, 0.3) is 5.91 Å². The quantitative estimate of drug-likeness (QED) is 0.836. The normalized spacial score (nSPS) is 13.9. The minimum Gasteiger partial charge on any atom is -0.611 e. The lowest BCUT2D eigenvalue weighted by Gasteiger charge is -2.27. The molecule has 1 aromatic rings. The van der Waals surface area contributed by atoms with Gasteiger partial charge in [-0.15, -0.1) is 0 Å². The highest BCUT2D eigenvalue weighted by molar-refractivity contribution is 7.93. The first-order valence-corrected chi connectivity index (χ1v) is 8.52. The fraction of sp³-hybridized carbons (Fsp3) is 0.562. The van der Waals surface area contributed by atoms with E-state index in [4.69, 9.17) is 11.6 Å². The van der Waals surface area contributed by atoms with Crippen LogP contribution in [-0.4, -0.2) is 21.8 Å². The van der Waals surface area contributed by atoms with Crippen LogP contribution in [0.25, 0.3) is 0 Å². The van der Waals surface area contributed by atoms with Crippen molar-refractivity contribution in [3.8, 4) is 0 Å². The van der Waals surface area contributed by atoms with Crippen molar-refractivity contribution in [3.05, 3.63) is 29.3 Å². The predicted molar refractivity (Wildman–Crippen MR) is 89.0 cm³/mol. The van der Waals surface area contributed by atoms with Gasteiger partial charge in [0, 0.05) is 22.7 Å². The fourth-order valence-electron chi connectivity index (χ4n) is 1.70. The fourth-order valence-corrected chi connectivity index (χ4v) is 3.04. The zero-order valence-electron chi connectivity index (χ0n) is 13.3. The number of carbonyl (C=O) groups excluding carboxylic acids is 1. The van der Waals surface area contributed by atoms with Gasteiger partial charge in [0.2, 0.25) is 4.75 Å². The Hall–Kier alpha value is -0.710. The highest BCUT2D eigenvalue weighted by Crippen LogP contribution is 2.27. The zero-order chi connectivity index (χ0) is 16.3. The first-order valence-electron chi connectivity index (χ1n) is 7.00. The molecule has 0 spiro atoms. The molecule has 1 unspecified atom stereocenters. The van der Waals surface area contributed by atoms with Crippen LogP contribution in [-0.2, 0) is 16.0 Å². The van der Waals surface area contributed by atoms with Crippen molar-refractivity contribution >= 4 is 28.7 Å². The second-order valence-corrected chi connectivity index (χ2v) is 9.27. The van der Waals surface area contributed by atoms with E-state index in [9.17, 15) is 9.35 Å². The van der Waals surface area contributed by atoms with Crippen molar-refractivity contribution < 1.29 is 9.35 Å². The number of rotatable bonds is 5. The van der Waals surface area contributed by atoms with E-state index in [1.807, 2.05) is 0 Å². The number of hydrogen-bond donors (Lipinski definition) is 1. The van der Waals surface area contributed by atoms with Crippen molar-refractivity contribution in [1.82, 2.24) is 5.32 Å². The maximum atomic E-state index is 12.6. The van der Waals surface area contributed by atoms with Gasteiger partial charge < -0.3 is 9.87 Å². The second kappa shape index (κ2) is 7.03. The standard InChI is InChI=1S/C16H24ClNO2S/c1-15(2,3)10-11-18-14(19)16(4,5)21(20)13-8-6-12(17)7-9-13/h6-9H,10-11H2,1-5H3,(H,18,19). The molecule has 0 saturated heterocycles. The number of nitrogens with one attached hydrogen (secondary N) is 1. The van der Waals surface area contributed by atoms with E-state index in [-0.39, 0.29) is 11.3 Å². The molecule has 118 valence electrons. The van der Waals surface area contributed by atoms with Gasteiger partial charge in [-0.25, -0.2) is 0 Å². The number of benzene rings is 1. The Morgan fingerprint density at radius 1 is 1.19 bits per heavy atom. The minimum atomic E-state index is -1.43. The van der Waals surface area contributed by atoms with Crippen LogP contribution in [0.5, 0.6) is 0 Å².